The van der Waals surface area contributed by atoms with Crippen molar-refractivity contribution in [3.05, 3.63) is 36.4 Å². The molecule has 5 nitrogen and oxygen atoms in total. The molecule has 0 atom stereocenters. The third-order valence-corrected chi connectivity index (χ3v) is 4.30. The van der Waals surface area contributed by atoms with Crippen LogP contribution in [0.15, 0.2) is 36.4 Å². The normalized spacial score (nSPS) is 15.1. The Morgan fingerprint density at radius 2 is 1.79 bits per heavy atom. The minimum absolute atomic E-state index is 0.637. The number of nitrogens with one attached hydrogen (secondary N) is 1. The van der Waals surface area contributed by atoms with E-state index in [2.05, 4.69) is 33.4 Å². The van der Waals surface area contributed by atoms with Crippen LogP contribution in [0.4, 0.5) is 11.8 Å². The monoisotopic (exact) mass is 326 g/mol. The molecule has 5 heteroatoms. The van der Waals surface area contributed by atoms with Crippen LogP contribution >= 0.6 is 0 Å². The lowest BCUT2D eigenvalue weighted by Gasteiger charge is -2.22. The third-order valence-electron chi connectivity index (χ3n) is 4.30. The molecule has 1 aliphatic rings. The van der Waals surface area contributed by atoms with Crippen molar-refractivity contribution in [2.45, 2.75) is 25.7 Å². The van der Waals surface area contributed by atoms with Crippen molar-refractivity contribution < 1.29 is 4.74 Å². The van der Waals surface area contributed by atoms with E-state index in [1.54, 1.807) is 7.11 Å². The number of aromatic nitrogens is 2. The molecule has 1 N–H and O–H groups in total. The Balaban J connectivity index is 1.89. The van der Waals surface area contributed by atoms with Crippen LogP contribution in [0, 0.1) is 0 Å². The van der Waals surface area contributed by atoms with E-state index in [1.807, 2.05) is 18.2 Å². The minimum atomic E-state index is 0.637. The van der Waals surface area contributed by atoms with Crippen LogP contribution < -0.4 is 10.2 Å². The highest BCUT2D eigenvalue weighted by Gasteiger charge is 2.14. The van der Waals surface area contributed by atoms with Gasteiger partial charge in [-0.05, 0) is 12.8 Å². The van der Waals surface area contributed by atoms with Crippen LogP contribution in [0.3, 0.4) is 0 Å². The topological polar surface area (TPSA) is 50.3 Å². The zero-order chi connectivity index (χ0) is 16.6. The molecule has 1 saturated heterocycles. The number of ether oxygens (including phenoxy) is 1. The molecule has 1 aromatic carbocycles. The fraction of sp³-hybridized carbons (Fsp3) is 0.474. The van der Waals surface area contributed by atoms with Crippen LogP contribution in [0.25, 0.3) is 11.3 Å². The summed E-state index contributed by atoms with van der Waals surface area (Å²) in [4.78, 5) is 11.8. The molecule has 24 heavy (non-hydrogen) atoms. The predicted molar refractivity (Wildman–Crippen MR) is 98.5 cm³/mol. The van der Waals surface area contributed by atoms with Gasteiger partial charge >= 0.3 is 0 Å². The molecule has 2 aromatic rings. The van der Waals surface area contributed by atoms with Crippen LogP contribution in [0.2, 0.25) is 0 Å². The Kier molecular flexibility index (Phi) is 6.01. The van der Waals surface area contributed by atoms with E-state index in [1.165, 1.54) is 25.7 Å². The van der Waals surface area contributed by atoms with E-state index in [9.17, 15) is 0 Å². The summed E-state index contributed by atoms with van der Waals surface area (Å²) in [6.07, 6.45) is 5.09. The molecule has 3 rings (SSSR count). The van der Waals surface area contributed by atoms with Crippen LogP contribution in [0.5, 0.6) is 0 Å². The first-order valence-corrected chi connectivity index (χ1v) is 8.79. The molecule has 0 radical (unpaired) electrons. The van der Waals surface area contributed by atoms with Crippen molar-refractivity contribution in [1.29, 1.82) is 0 Å². The molecule has 1 aromatic heterocycles. The summed E-state index contributed by atoms with van der Waals surface area (Å²) in [6.45, 7) is 3.48. The van der Waals surface area contributed by atoms with Gasteiger partial charge in [-0.1, -0.05) is 43.2 Å². The fourth-order valence-electron chi connectivity index (χ4n) is 3.00. The maximum absolute atomic E-state index is 5.11. The summed E-state index contributed by atoms with van der Waals surface area (Å²) in [6, 6.07) is 12.4. The predicted octanol–water partition coefficient (Wildman–Crippen LogP) is 3.58. The summed E-state index contributed by atoms with van der Waals surface area (Å²) in [7, 11) is 1.70. The maximum Gasteiger partial charge on any atom is 0.225 e. The lowest BCUT2D eigenvalue weighted by atomic mass is 10.1. The van der Waals surface area contributed by atoms with Gasteiger partial charge in [-0.2, -0.15) is 4.98 Å². The molecule has 0 unspecified atom stereocenters. The lowest BCUT2D eigenvalue weighted by Crippen LogP contribution is -2.25. The molecule has 0 aliphatic carbocycles. The van der Waals surface area contributed by atoms with Gasteiger partial charge in [0.25, 0.3) is 0 Å². The van der Waals surface area contributed by atoms with Gasteiger partial charge in [0.2, 0.25) is 5.95 Å². The number of methoxy groups -OCH3 is 1. The highest BCUT2D eigenvalue weighted by Crippen LogP contribution is 2.25. The number of hydrogen-bond donors (Lipinski definition) is 1. The molecule has 1 fully saturated rings. The highest BCUT2D eigenvalue weighted by atomic mass is 16.5. The minimum Gasteiger partial charge on any atom is -0.383 e. The second kappa shape index (κ2) is 8.64. The van der Waals surface area contributed by atoms with Crippen molar-refractivity contribution in [3.8, 4) is 11.3 Å². The fourth-order valence-corrected chi connectivity index (χ4v) is 3.00. The SMILES string of the molecule is COCCNc1nc(-c2ccccc2)cc(N2CCCCCC2)n1. The molecule has 1 aliphatic heterocycles. The zero-order valence-electron chi connectivity index (χ0n) is 14.4. The average molecular weight is 326 g/mol. The molecular formula is C19H26N4O. The number of benzene rings is 1. The van der Waals surface area contributed by atoms with E-state index >= 15 is 0 Å². The smallest absolute Gasteiger partial charge is 0.225 e. The van der Waals surface area contributed by atoms with Gasteiger partial charge in [0.15, 0.2) is 0 Å². The van der Waals surface area contributed by atoms with Crippen molar-refractivity contribution in [3.63, 3.8) is 0 Å². The number of nitrogens with zero attached hydrogens (tertiary/aromatic N) is 3. The van der Waals surface area contributed by atoms with E-state index in [0.29, 0.717) is 19.1 Å². The van der Waals surface area contributed by atoms with Crippen molar-refractivity contribution in [1.82, 2.24) is 9.97 Å². The summed E-state index contributed by atoms with van der Waals surface area (Å²) < 4.78 is 5.11. The van der Waals surface area contributed by atoms with Gasteiger partial charge < -0.3 is 15.0 Å². The number of anilines is 2. The lowest BCUT2D eigenvalue weighted by molar-refractivity contribution is 0.210. The Labute approximate surface area is 144 Å². The average Bonchev–Trinajstić information content (AvgIpc) is 2.92. The summed E-state index contributed by atoms with van der Waals surface area (Å²) in [5, 5.41) is 3.28. The molecule has 2 heterocycles. The van der Waals surface area contributed by atoms with Crippen molar-refractivity contribution >= 4 is 11.8 Å². The van der Waals surface area contributed by atoms with Gasteiger partial charge in [-0.15, -0.1) is 0 Å². The third kappa shape index (κ3) is 4.45. The van der Waals surface area contributed by atoms with E-state index < -0.39 is 0 Å². The van der Waals surface area contributed by atoms with E-state index in [4.69, 9.17) is 9.72 Å². The second-order valence-electron chi connectivity index (χ2n) is 6.12. The van der Waals surface area contributed by atoms with Gasteiger partial charge in [0.1, 0.15) is 5.82 Å². The largest absolute Gasteiger partial charge is 0.383 e. The molecule has 0 amide bonds. The highest BCUT2D eigenvalue weighted by molar-refractivity contribution is 5.64. The standard InChI is InChI=1S/C19H26N4O/c1-24-14-11-20-19-21-17(16-9-5-4-6-10-16)15-18(22-19)23-12-7-2-3-8-13-23/h4-6,9-10,15H,2-3,7-8,11-14H2,1H3,(H,20,21,22). The van der Waals surface area contributed by atoms with Gasteiger partial charge in [-0.25, -0.2) is 4.98 Å². The van der Waals surface area contributed by atoms with Gasteiger partial charge in [0, 0.05) is 38.4 Å². The molecule has 0 spiro atoms. The molecule has 0 bridgehead atoms. The first-order valence-electron chi connectivity index (χ1n) is 8.79. The van der Waals surface area contributed by atoms with E-state index in [-0.39, 0.29) is 0 Å². The van der Waals surface area contributed by atoms with Gasteiger partial charge in [0.05, 0.1) is 12.3 Å². The number of rotatable bonds is 6. The Bertz CT molecular complexity index is 625. The maximum atomic E-state index is 5.11. The molecular weight excluding hydrogens is 300 g/mol. The Morgan fingerprint density at radius 3 is 2.50 bits per heavy atom. The van der Waals surface area contributed by atoms with Crippen LogP contribution in [-0.4, -0.2) is 43.3 Å². The summed E-state index contributed by atoms with van der Waals surface area (Å²) in [5.74, 6) is 1.69. The summed E-state index contributed by atoms with van der Waals surface area (Å²) in [5.41, 5.74) is 2.08. The van der Waals surface area contributed by atoms with Crippen LogP contribution in [0.1, 0.15) is 25.7 Å². The first-order chi connectivity index (χ1) is 11.9. The van der Waals surface area contributed by atoms with Crippen molar-refractivity contribution in [2.24, 2.45) is 0 Å². The Hall–Kier alpha value is -2.14. The van der Waals surface area contributed by atoms with Gasteiger partial charge in [-0.3, -0.25) is 0 Å². The first kappa shape index (κ1) is 16.7. The summed E-state index contributed by atoms with van der Waals surface area (Å²) >= 11 is 0. The van der Waals surface area contributed by atoms with E-state index in [0.717, 1.165) is 30.2 Å². The quantitative estimate of drug-likeness (QED) is 0.822. The van der Waals surface area contributed by atoms with Crippen LogP contribution in [-0.2, 0) is 4.74 Å². The Morgan fingerprint density at radius 1 is 1.04 bits per heavy atom. The zero-order valence-corrected chi connectivity index (χ0v) is 14.4. The molecule has 128 valence electrons. The van der Waals surface area contributed by atoms with Crippen molar-refractivity contribution in [2.75, 3.05) is 43.6 Å². The number of hydrogen-bond acceptors (Lipinski definition) is 5. The molecule has 0 saturated carbocycles. The second-order valence-corrected chi connectivity index (χ2v) is 6.12.